The van der Waals surface area contributed by atoms with Crippen molar-refractivity contribution in [3.05, 3.63) is 21.9 Å². The lowest BCUT2D eigenvalue weighted by atomic mass is 10.2. The molecule has 1 heterocycles. The summed E-state index contributed by atoms with van der Waals surface area (Å²) in [4.78, 5) is 13.7. The van der Waals surface area contributed by atoms with Gasteiger partial charge in [-0.25, -0.2) is 18.6 Å². The van der Waals surface area contributed by atoms with Gasteiger partial charge in [-0.2, -0.15) is 0 Å². The van der Waals surface area contributed by atoms with Crippen molar-refractivity contribution in [3.8, 4) is 0 Å². The Morgan fingerprint density at radius 3 is 2.64 bits per heavy atom. The van der Waals surface area contributed by atoms with Crippen LogP contribution in [0.5, 0.6) is 0 Å². The summed E-state index contributed by atoms with van der Waals surface area (Å²) >= 11 is 2.87. The highest BCUT2D eigenvalue weighted by Gasteiger charge is 2.19. The third-order valence-electron chi connectivity index (χ3n) is 1.46. The van der Waals surface area contributed by atoms with Crippen LogP contribution in [-0.4, -0.2) is 16.1 Å². The van der Waals surface area contributed by atoms with E-state index in [1.54, 1.807) is 0 Å². The van der Waals surface area contributed by atoms with Crippen LogP contribution in [0, 0.1) is 0 Å². The number of carbonyl (C=O) groups is 1. The zero-order valence-electron chi connectivity index (χ0n) is 6.67. The zero-order valence-corrected chi connectivity index (χ0v) is 8.25. The minimum atomic E-state index is -2.90. The standard InChI is InChI=1S/C7H5BrF2N2O2/c8-2-1-3(7(13)14)12-5(4(2)11)6(9)10/h1,6H,11H2,(H,13,14). The SMILES string of the molecule is Nc1c(Br)cc(C(=O)O)nc1C(F)F. The average Bonchev–Trinajstić information content (AvgIpc) is 2.08. The van der Waals surface area contributed by atoms with E-state index in [-0.39, 0.29) is 10.2 Å². The molecule has 0 aromatic carbocycles. The molecule has 4 nitrogen and oxygen atoms in total. The van der Waals surface area contributed by atoms with Crippen LogP contribution in [0.4, 0.5) is 14.5 Å². The van der Waals surface area contributed by atoms with Gasteiger partial charge in [-0.15, -0.1) is 0 Å². The van der Waals surface area contributed by atoms with Gasteiger partial charge >= 0.3 is 5.97 Å². The molecule has 0 saturated carbocycles. The summed E-state index contributed by atoms with van der Waals surface area (Å²) < 4.78 is 24.7. The number of halogens is 3. The number of nitrogens with two attached hydrogens (primary N) is 1. The third kappa shape index (κ3) is 1.98. The highest BCUT2D eigenvalue weighted by Crippen LogP contribution is 2.29. The van der Waals surface area contributed by atoms with Gasteiger partial charge in [0, 0.05) is 4.47 Å². The second kappa shape index (κ2) is 3.87. The van der Waals surface area contributed by atoms with E-state index in [2.05, 4.69) is 20.9 Å². The number of alkyl halides is 2. The molecule has 0 fully saturated rings. The van der Waals surface area contributed by atoms with E-state index in [0.717, 1.165) is 6.07 Å². The van der Waals surface area contributed by atoms with Crippen molar-refractivity contribution in [2.75, 3.05) is 5.73 Å². The second-order valence-corrected chi connectivity index (χ2v) is 3.25. The molecule has 0 bridgehead atoms. The number of aromatic carboxylic acids is 1. The Labute approximate surface area is 85.9 Å². The fraction of sp³-hybridized carbons (Fsp3) is 0.143. The third-order valence-corrected chi connectivity index (χ3v) is 2.12. The number of carboxylic acid groups (broad SMARTS) is 1. The first kappa shape index (κ1) is 10.8. The largest absolute Gasteiger partial charge is 0.477 e. The van der Waals surface area contributed by atoms with E-state index in [1.165, 1.54) is 0 Å². The van der Waals surface area contributed by atoms with Crippen LogP contribution in [0.2, 0.25) is 0 Å². The lowest BCUT2D eigenvalue weighted by molar-refractivity contribution is 0.0688. The van der Waals surface area contributed by atoms with Crippen LogP contribution >= 0.6 is 15.9 Å². The van der Waals surface area contributed by atoms with E-state index < -0.39 is 23.8 Å². The number of pyridine rings is 1. The fourth-order valence-electron chi connectivity index (χ4n) is 0.818. The Balaban J connectivity index is 3.35. The van der Waals surface area contributed by atoms with Gasteiger partial charge in [0.1, 0.15) is 11.4 Å². The summed E-state index contributed by atoms with van der Waals surface area (Å²) in [5.41, 5.74) is 3.83. The van der Waals surface area contributed by atoms with Crippen molar-refractivity contribution in [1.29, 1.82) is 0 Å². The molecule has 0 radical (unpaired) electrons. The smallest absolute Gasteiger partial charge is 0.354 e. The van der Waals surface area contributed by atoms with E-state index in [4.69, 9.17) is 10.8 Å². The van der Waals surface area contributed by atoms with E-state index in [9.17, 15) is 13.6 Å². The monoisotopic (exact) mass is 266 g/mol. The molecule has 0 atom stereocenters. The maximum absolute atomic E-state index is 12.3. The number of rotatable bonds is 2. The highest BCUT2D eigenvalue weighted by atomic mass is 79.9. The summed E-state index contributed by atoms with van der Waals surface area (Å²) in [5, 5.41) is 8.54. The van der Waals surface area contributed by atoms with Crippen molar-refractivity contribution >= 4 is 27.6 Å². The summed E-state index contributed by atoms with van der Waals surface area (Å²) in [6.45, 7) is 0. The Hall–Kier alpha value is -1.24. The predicted octanol–water partition coefficient (Wildman–Crippen LogP) is 2.06. The Bertz CT molecular complexity index is 384. The van der Waals surface area contributed by atoms with Gasteiger partial charge in [0.15, 0.2) is 0 Å². The van der Waals surface area contributed by atoms with Crippen molar-refractivity contribution in [2.45, 2.75) is 6.43 Å². The van der Waals surface area contributed by atoms with Gasteiger partial charge in [0.25, 0.3) is 6.43 Å². The number of nitrogen functional groups attached to an aromatic ring is 1. The number of aromatic nitrogens is 1. The van der Waals surface area contributed by atoms with Crippen molar-refractivity contribution in [2.24, 2.45) is 0 Å². The lowest BCUT2D eigenvalue weighted by Gasteiger charge is -2.06. The summed E-state index contributed by atoms with van der Waals surface area (Å²) in [6, 6.07) is 1.07. The van der Waals surface area contributed by atoms with Crippen molar-refractivity contribution in [3.63, 3.8) is 0 Å². The number of hydrogen-bond donors (Lipinski definition) is 2. The number of nitrogens with zero attached hydrogens (tertiary/aromatic N) is 1. The van der Waals surface area contributed by atoms with Gasteiger partial charge < -0.3 is 10.8 Å². The van der Waals surface area contributed by atoms with Crippen LogP contribution in [0.1, 0.15) is 22.6 Å². The molecule has 0 spiro atoms. The van der Waals surface area contributed by atoms with Crippen molar-refractivity contribution in [1.82, 2.24) is 4.98 Å². The molecule has 0 saturated heterocycles. The molecule has 0 amide bonds. The molecule has 0 unspecified atom stereocenters. The maximum atomic E-state index is 12.3. The topological polar surface area (TPSA) is 76.2 Å². The maximum Gasteiger partial charge on any atom is 0.354 e. The Kier molecular flexibility index (Phi) is 3.00. The van der Waals surface area contributed by atoms with Gasteiger partial charge in [0.05, 0.1) is 5.69 Å². The number of carboxylic acids is 1. The molecule has 0 aliphatic rings. The minimum absolute atomic E-state index is 0.0974. The number of anilines is 1. The van der Waals surface area contributed by atoms with Crippen LogP contribution < -0.4 is 5.73 Å². The molecule has 76 valence electrons. The summed E-state index contributed by atoms with van der Waals surface area (Å²) in [5.74, 6) is -1.38. The van der Waals surface area contributed by atoms with Crippen LogP contribution in [0.15, 0.2) is 10.5 Å². The van der Waals surface area contributed by atoms with Crippen LogP contribution in [0.3, 0.4) is 0 Å². The Morgan fingerprint density at radius 1 is 1.64 bits per heavy atom. The van der Waals surface area contributed by atoms with Crippen LogP contribution in [0.25, 0.3) is 0 Å². The molecular weight excluding hydrogens is 262 g/mol. The second-order valence-electron chi connectivity index (χ2n) is 2.39. The Morgan fingerprint density at radius 2 is 2.21 bits per heavy atom. The van der Waals surface area contributed by atoms with Crippen molar-refractivity contribution < 1.29 is 18.7 Å². The normalized spacial score (nSPS) is 10.6. The molecule has 0 aliphatic carbocycles. The van der Waals surface area contributed by atoms with Gasteiger partial charge in [-0.05, 0) is 22.0 Å². The zero-order chi connectivity index (χ0) is 10.9. The first-order valence-corrected chi connectivity index (χ1v) is 4.20. The molecule has 1 aromatic rings. The molecule has 1 aromatic heterocycles. The number of hydrogen-bond acceptors (Lipinski definition) is 3. The summed E-state index contributed by atoms with van der Waals surface area (Å²) in [7, 11) is 0. The molecular formula is C7H5BrF2N2O2. The van der Waals surface area contributed by atoms with E-state index >= 15 is 0 Å². The van der Waals surface area contributed by atoms with Gasteiger partial charge in [-0.3, -0.25) is 0 Å². The molecule has 0 aliphatic heterocycles. The first-order valence-electron chi connectivity index (χ1n) is 3.41. The van der Waals surface area contributed by atoms with Gasteiger partial charge in [0.2, 0.25) is 0 Å². The quantitative estimate of drug-likeness (QED) is 0.859. The van der Waals surface area contributed by atoms with E-state index in [1.807, 2.05) is 0 Å². The van der Waals surface area contributed by atoms with Gasteiger partial charge in [-0.1, -0.05) is 0 Å². The van der Waals surface area contributed by atoms with E-state index in [0.29, 0.717) is 0 Å². The average molecular weight is 267 g/mol. The molecule has 7 heteroatoms. The predicted molar refractivity (Wildman–Crippen MR) is 48.3 cm³/mol. The summed E-state index contributed by atoms with van der Waals surface area (Å²) in [6.07, 6.45) is -2.90. The fourth-order valence-corrected chi connectivity index (χ4v) is 1.24. The molecule has 1 rings (SSSR count). The van der Waals surface area contributed by atoms with Crippen LogP contribution in [-0.2, 0) is 0 Å². The first-order chi connectivity index (χ1) is 6.43. The minimum Gasteiger partial charge on any atom is -0.477 e. The molecule has 14 heavy (non-hydrogen) atoms. The molecule has 3 N–H and O–H groups in total. The lowest BCUT2D eigenvalue weighted by Crippen LogP contribution is -2.07. The highest BCUT2D eigenvalue weighted by molar-refractivity contribution is 9.10.